The molecule has 0 unspecified atom stereocenters. The molecule has 4 rings (SSSR count). The summed E-state index contributed by atoms with van der Waals surface area (Å²) in [5.41, 5.74) is -2.39. The summed E-state index contributed by atoms with van der Waals surface area (Å²) in [5.74, 6) is -4.41. The van der Waals surface area contributed by atoms with Gasteiger partial charge < -0.3 is 4.74 Å². The van der Waals surface area contributed by atoms with Gasteiger partial charge in [0, 0.05) is 12.3 Å². The number of ether oxygens (including phenoxy) is 1. The van der Waals surface area contributed by atoms with Crippen molar-refractivity contribution < 1.29 is 31.1 Å². The molecule has 0 radical (unpaired) electrons. The van der Waals surface area contributed by atoms with Gasteiger partial charge in [-0.15, -0.1) is 0 Å². The van der Waals surface area contributed by atoms with Crippen molar-refractivity contribution in [3.63, 3.8) is 0 Å². The molecule has 0 bridgehead atoms. The Kier molecular flexibility index (Phi) is 5.96. The summed E-state index contributed by atoms with van der Waals surface area (Å²) in [5, 5.41) is -1.51. The molecule has 0 atom stereocenters. The first-order valence-electron chi connectivity index (χ1n) is 9.83. The first-order chi connectivity index (χ1) is 16.1. The van der Waals surface area contributed by atoms with Gasteiger partial charge in [0.25, 0.3) is 0 Å². The van der Waals surface area contributed by atoms with Crippen LogP contribution in [0.25, 0.3) is 16.7 Å². The van der Waals surface area contributed by atoms with Crippen molar-refractivity contribution in [1.82, 2.24) is 9.55 Å². The molecule has 0 spiro atoms. The molecule has 0 amide bonds. The van der Waals surface area contributed by atoms with Gasteiger partial charge in [0.05, 0.1) is 22.6 Å². The first kappa shape index (κ1) is 23.2. The molecule has 0 fully saturated rings. The lowest BCUT2D eigenvalue weighted by Gasteiger charge is -2.15. The van der Waals surface area contributed by atoms with Gasteiger partial charge in [0.15, 0.2) is 10.8 Å². The number of sulfone groups is 1. The average Bonchev–Trinajstić information content (AvgIpc) is 2.80. The topological polar surface area (TPSA) is 95.3 Å². The summed E-state index contributed by atoms with van der Waals surface area (Å²) >= 11 is 0. The lowest BCUT2D eigenvalue weighted by Crippen LogP contribution is -2.22. The number of carbonyl (C=O) groups is 1. The van der Waals surface area contributed by atoms with E-state index in [4.69, 9.17) is 4.74 Å². The van der Waals surface area contributed by atoms with Crippen molar-refractivity contribution in [2.75, 3.05) is 6.61 Å². The number of hydrogen-bond acceptors (Lipinski definition) is 6. The zero-order valence-corrected chi connectivity index (χ0v) is 18.3. The predicted octanol–water partition coefficient (Wildman–Crippen LogP) is 3.81. The van der Waals surface area contributed by atoms with Gasteiger partial charge in [-0.05, 0) is 37.3 Å². The Hall–Kier alpha value is -3.99. The molecule has 0 aliphatic rings. The molecule has 2 aromatic carbocycles. The first-order valence-corrected chi connectivity index (χ1v) is 11.3. The maximum atomic E-state index is 15.0. The van der Waals surface area contributed by atoms with Crippen LogP contribution in [0.1, 0.15) is 17.3 Å². The largest absolute Gasteiger partial charge is 0.462 e. The quantitative estimate of drug-likeness (QED) is 0.397. The lowest BCUT2D eigenvalue weighted by atomic mass is 10.1. The number of nitrogens with zero attached hydrogens (tertiary/aromatic N) is 2. The van der Waals surface area contributed by atoms with Crippen molar-refractivity contribution in [2.24, 2.45) is 0 Å². The van der Waals surface area contributed by atoms with E-state index in [-0.39, 0.29) is 17.2 Å². The van der Waals surface area contributed by atoms with Gasteiger partial charge in [-0.25, -0.2) is 31.4 Å². The van der Waals surface area contributed by atoms with Crippen molar-refractivity contribution in [1.29, 1.82) is 0 Å². The van der Waals surface area contributed by atoms with Crippen molar-refractivity contribution in [3.05, 3.63) is 94.0 Å². The Labute approximate surface area is 191 Å². The van der Waals surface area contributed by atoms with Crippen LogP contribution in [0.4, 0.5) is 13.2 Å². The number of benzene rings is 2. The minimum absolute atomic E-state index is 0.0813. The second-order valence-electron chi connectivity index (χ2n) is 7.02. The van der Waals surface area contributed by atoms with Crippen LogP contribution in [-0.4, -0.2) is 30.5 Å². The Balaban J connectivity index is 2.11. The van der Waals surface area contributed by atoms with Crippen LogP contribution in [-0.2, 0) is 14.6 Å². The third-order valence-electron chi connectivity index (χ3n) is 4.87. The Bertz CT molecular complexity index is 1600. The van der Waals surface area contributed by atoms with Crippen LogP contribution in [0.3, 0.4) is 0 Å². The standard InChI is InChI=1S/C23H15F3N2O5S/c1-2-33-23(30)16-12-28(19-9-8-13(24)10-17(19)25)21-15(20(16)29)11-18(26)22(27-21)34(31,32)14-6-4-3-5-7-14/h3-12H,2H2,1H3. The normalized spacial score (nSPS) is 11.5. The van der Waals surface area contributed by atoms with Crippen LogP contribution in [0.2, 0.25) is 0 Å². The molecule has 0 N–H and O–H groups in total. The highest BCUT2D eigenvalue weighted by Gasteiger charge is 2.27. The maximum absolute atomic E-state index is 15.0. The van der Waals surface area contributed by atoms with Gasteiger partial charge in [-0.3, -0.25) is 9.36 Å². The molecule has 2 aromatic heterocycles. The fourth-order valence-corrected chi connectivity index (χ4v) is 4.58. The molecule has 7 nitrogen and oxygen atoms in total. The number of halogens is 3. The van der Waals surface area contributed by atoms with Crippen LogP contribution in [0, 0.1) is 17.5 Å². The Morgan fingerprint density at radius 1 is 1.03 bits per heavy atom. The monoisotopic (exact) mass is 488 g/mol. The van der Waals surface area contributed by atoms with E-state index in [0.29, 0.717) is 12.1 Å². The summed E-state index contributed by atoms with van der Waals surface area (Å²) in [6.07, 6.45) is 0.892. The number of fused-ring (bicyclic) bond motifs is 1. The zero-order chi connectivity index (χ0) is 24.6. The summed E-state index contributed by atoms with van der Waals surface area (Å²) in [4.78, 5) is 28.9. The van der Waals surface area contributed by atoms with E-state index in [9.17, 15) is 31.2 Å². The predicted molar refractivity (Wildman–Crippen MR) is 115 cm³/mol. The van der Waals surface area contributed by atoms with Crippen LogP contribution in [0.15, 0.2) is 75.5 Å². The van der Waals surface area contributed by atoms with E-state index in [1.165, 1.54) is 31.2 Å². The summed E-state index contributed by atoms with van der Waals surface area (Å²) in [7, 11) is -4.47. The minimum atomic E-state index is -4.47. The van der Waals surface area contributed by atoms with E-state index in [1.54, 1.807) is 6.07 Å². The molecule has 0 aliphatic heterocycles. The highest BCUT2D eigenvalue weighted by Crippen LogP contribution is 2.26. The number of aromatic nitrogens is 2. The van der Waals surface area contributed by atoms with Gasteiger partial charge in [-0.1, -0.05) is 18.2 Å². The smallest absolute Gasteiger partial charge is 0.343 e. The van der Waals surface area contributed by atoms with Crippen molar-refractivity contribution >= 4 is 26.8 Å². The third-order valence-corrected chi connectivity index (χ3v) is 6.56. The lowest BCUT2D eigenvalue weighted by molar-refractivity contribution is 0.0524. The highest BCUT2D eigenvalue weighted by atomic mass is 32.2. The van der Waals surface area contributed by atoms with E-state index in [2.05, 4.69) is 4.98 Å². The third kappa shape index (κ3) is 3.94. The summed E-state index contributed by atoms with van der Waals surface area (Å²) in [6.45, 7) is 1.42. The highest BCUT2D eigenvalue weighted by molar-refractivity contribution is 7.91. The molecule has 11 heteroatoms. The number of carbonyl (C=O) groups excluding carboxylic acids is 1. The molecule has 174 valence electrons. The van der Waals surface area contributed by atoms with Gasteiger partial charge in [0.2, 0.25) is 15.3 Å². The van der Waals surface area contributed by atoms with Crippen molar-refractivity contribution in [3.8, 4) is 5.69 Å². The SMILES string of the molecule is CCOC(=O)c1cn(-c2ccc(F)cc2F)c2nc(S(=O)(=O)c3ccccc3)c(F)cc2c1=O. The summed E-state index contributed by atoms with van der Waals surface area (Å²) < 4.78 is 74.9. The van der Waals surface area contributed by atoms with Gasteiger partial charge >= 0.3 is 5.97 Å². The number of rotatable bonds is 5. The van der Waals surface area contributed by atoms with E-state index in [1.807, 2.05) is 0 Å². The van der Waals surface area contributed by atoms with E-state index < -0.39 is 60.3 Å². The minimum Gasteiger partial charge on any atom is -0.462 e. The molecule has 0 aliphatic carbocycles. The van der Waals surface area contributed by atoms with E-state index in [0.717, 1.165) is 22.9 Å². The average molecular weight is 488 g/mol. The second kappa shape index (κ2) is 8.75. The number of hydrogen-bond donors (Lipinski definition) is 0. The molecule has 0 saturated carbocycles. The Morgan fingerprint density at radius 2 is 1.74 bits per heavy atom. The fourth-order valence-electron chi connectivity index (χ4n) is 3.32. The van der Waals surface area contributed by atoms with E-state index >= 15 is 0 Å². The fraction of sp³-hybridized carbons (Fsp3) is 0.0870. The molecule has 4 aromatic rings. The molecular weight excluding hydrogens is 473 g/mol. The van der Waals surface area contributed by atoms with Crippen molar-refractivity contribution in [2.45, 2.75) is 16.8 Å². The zero-order valence-electron chi connectivity index (χ0n) is 17.5. The Morgan fingerprint density at radius 3 is 2.38 bits per heavy atom. The number of esters is 1. The number of pyridine rings is 2. The molecule has 0 saturated heterocycles. The second-order valence-corrected chi connectivity index (χ2v) is 8.89. The van der Waals surface area contributed by atoms with Gasteiger partial charge in [0.1, 0.15) is 22.8 Å². The van der Waals surface area contributed by atoms with Crippen LogP contribution >= 0.6 is 0 Å². The van der Waals surface area contributed by atoms with Crippen LogP contribution in [0.5, 0.6) is 0 Å². The van der Waals surface area contributed by atoms with Crippen LogP contribution < -0.4 is 5.43 Å². The molecular formula is C23H15F3N2O5S. The molecule has 34 heavy (non-hydrogen) atoms. The maximum Gasteiger partial charge on any atom is 0.343 e. The summed E-state index contributed by atoms with van der Waals surface area (Å²) in [6, 6.07) is 9.97. The van der Waals surface area contributed by atoms with Gasteiger partial charge in [-0.2, -0.15) is 0 Å². The molecule has 2 heterocycles.